The average Bonchev–Trinajstić information content (AvgIpc) is 3.13. The van der Waals surface area contributed by atoms with Gasteiger partial charge in [-0.15, -0.1) is 0 Å². The Labute approximate surface area is 137 Å². The minimum Gasteiger partial charge on any atom is -0.352 e. The number of hydrogen-bond donors (Lipinski definition) is 1. The van der Waals surface area contributed by atoms with Gasteiger partial charge in [0.2, 0.25) is 5.91 Å². The van der Waals surface area contributed by atoms with E-state index in [-0.39, 0.29) is 17.9 Å². The summed E-state index contributed by atoms with van der Waals surface area (Å²) in [4.78, 5) is 26.6. The first-order valence-electron chi connectivity index (χ1n) is 7.12. The molecule has 6 heteroatoms. The SMILES string of the molecule is O=C(NC1CC1)C1CCCN1C(=O)c1cc(Cl)ccc1Br. The third-order valence-electron chi connectivity index (χ3n) is 3.90. The van der Waals surface area contributed by atoms with Crippen LogP contribution in [0.3, 0.4) is 0 Å². The van der Waals surface area contributed by atoms with Crippen molar-refractivity contribution in [2.45, 2.75) is 37.8 Å². The lowest BCUT2D eigenvalue weighted by Gasteiger charge is -2.24. The second-order valence-corrected chi connectivity index (χ2v) is 6.85. The van der Waals surface area contributed by atoms with E-state index in [4.69, 9.17) is 11.6 Å². The molecule has 1 N–H and O–H groups in total. The molecule has 1 heterocycles. The summed E-state index contributed by atoms with van der Waals surface area (Å²) in [5.74, 6) is -0.167. The highest BCUT2D eigenvalue weighted by molar-refractivity contribution is 9.10. The Morgan fingerprint density at radius 1 is 1.29 bits per heavy atom. The number of amides is 2. The van der Waals surface area contributed by atoms with Crippen LogP contribution < -0.4 is 5.32 Å². The minimum atomic E-state index is -0.357. The van der Waals surface area contributed by atoms with Gasteiger partial charge in [-0.3, -0.25) is 9.59 Å². The molecule has 0 radical (unpaired) electrons. The fourth-order valence-corrected chi connectivity index (χ4v) is 3.21. The zero-order valence-electron chi connectivity index (χ0n) is 11.4. The molecule has 1 unspecified atom stereocenters. The molecule has 1 aliphatic heterocycles. The first kappa shape index (κ1) is 14.9. The van der Waals surface area contributed by atoms with Gasteiger partial charge in [0.15, 0.2) is 0 Å². The summed E-state index contributed by atoms with van der Waals surface area (Å²) in [5.41, 5.74) is 0.508. The van der Waals surface area contributed by atoms with Crippen molar-refractivity contribution in [3.63, 3.8) is 0 Å². The van der Waals surface area contributed by atoms with Crippen LogP contribution >= 0.6 is 27.5 Å². The first-order valence-corrected chi connectivity index (χ1v) is 8.30. The van der Waals surface area contributed by atoms with Crippen LogP contribution in [0, 0.1) is 0 Å². The topological polar surface area (TPSA) is 49.4 Å². The summed E-state index contributed by atoms with van der Waals surface area (Å²) in [6, 6.07) is 5.08. The zero-order chi connectivity index (χ0) is 15.0. The number of hydrogen-bond acceptors (Lipinski definition) is 2. The van der Waals surface area contributed by atoms with E-state index in [9.17, 15) is 9.59 Å². The molecule has 0 spiro atoms. The summed E-state index contributed by atoms with van der Waals surface area (Å²) in [7, 11) is 0. The maximum Gasteiger partial charge on any atom is 0.255 e. The fraction of sp³-hybridized carbons (Fsp3) is 0.467. The van der Waals surface area contributed by atoms with Crippen LogP contribution in [0.25, 0.3) is 0 Å². The molecule has 2 amide bonds. The third-order valence-corrected chi connectivity index (χ3v) is 4.83. The number of likely N-dealkylation sites (tertiary alicyclic amines) is 1. The number of carbonyl (C=O) groups excluding carboxylic acids is 2. The van der Waals surface area contributed by atoms with Gasteiger partial charge in [0.25, 0.3) is 5.91 Å². The van der Waals surface area contributed by atoms with Gasteiger partial charge in [0.05, 0.1) is 5.56 Å². The Morgan fingerprint density at radius 3 is 2.76 bits per heavy atom. The second kappa shape index (κ2) is 5.97. The number of nitrogens with zero attached hydrogens (tertiary/aromatic N) is 1. The molecule has 4 nitrogen and oxygen atoms in total. The predicted molar refractivity (Wildman–Crippen MR) is 84.4 cm³/mol. The van der Waals surface area contributed by atoms with Crippen LogP contribution in [-0.4, -0.2) is 35.3 Å². The molecule has 1 saturated heterocycles. The van der Waals surface area contributed by atoms with Gasteiger partial charge in [-0.1, -0.05) is 11.6 Å². The molecule has 1 aliphatic carbocycles. The largest absolute Gasteiger partial charge is 0.352 e. The minimum absolute atomic E-state index is 0.0264. The third kappa shape index (κ3) is 3.24. The molecule has 1 saturated carbocycles. The summed E-state index contributed by atoms with van der Waals surface area (Å²) < 4.78 is 0.699. The molecule has 1 aromatic carbocycles. The Hall–Kier alpha value is -1.07. The van der Waals surface area contributed by atoms with Crippen molar-refractivity contribution in [1.29, 1.82) is 0 Å². The maximum atomic E-state index is 12.7. The lowest BCUT2D eigenvalue weighted by atomic mass is 10.1. The molecule has 112 valence electrons. The zero-order valence-corrected chi connectivity index (χ0v) is 13.8. The van der Waals surface area contributed by atoms with Gasteiger partial charge in [0.1, 0.15) is 6.04 Å². The second-order valence-electron chi connectivity index (χ2n) is 5.56. The van der Waals surface area contributed by atoms with E-state index in [0.29, 0.717) is 27.6 Å². The Morgan fingerprint density at radius 2 is 2.05 bits per heavy atom. The molecule has 0 aromatic heterocycles. The number of nitrogens with one attached hydrogen (secondary N) is 1. The smallest absolute Gasteiger partial charge is 0.255 e. The normalized spacial score (nSPS) is 21.4. The Balaban J connectivity index is 1.78. The predicted octanol–water partition coefficient (Wildman–Crippen LogP) is 2.99. The first-order chi connectivity index (χ1) is 10.1. The van der Waals surface area contributed by atoms with Gasteiger partial charge >= 0.3 is 0 Å². The molecule has 3 rings (SSSR count). The Bertz CT molecular complexity index is 589. The van der Waals surface area contributed by atoms with Crippen LogP contribution in [0.2, 0.25) is 5.02 Å². The average molecular weight is 372 g/mol. The van der Waals surface area contributed by atoms with Crippen molar-refractivity contribution in [3.05, 3.63) is 33.3 Å². The van der Waals surface area contributed by atoms with E-state index in [0.717, 1.165) is 25.7 Å². The van der Waals surface area contributed by atoms with Gasteiger partial charge in [-0.25, -0.2) is 0 Å². The maximum absolute atomic E-state index is 12.7. The molecule has 21 heavy (non-hydrogen) atoms. The summed E-state index contributed by atoms with van der Waals surface area (Å²) >= 11 is 9.35. The van der Waals surface area contributed by atoms with Crippen molar-refractivity contribution < 1.29 is 9.59 Å². The van der Waals surface area contributed by atoms with E-state index < -0.39 is 0 Å². The van der Waals surface area contributed by atoms with Gasteiger partial charge in [-0.2, -0.15) is 0 Å². The van der Waals surface area contributed by atoms with Crippen molar-refractivity contribution in [2.24, 2.45) is 0 Å². The quantitative estimate of drug-likeness (QED) is 0.888. The number of halogens is 2. The monoisotopic (exact) mass is 370 g/mol. The summed E-state index contributed by atoms with van der Waals surface area (Å²) in [6.07, 6.45) is 3.67. The van der Waals surface area contributed by atoms with E-state index in [1.165, 1.54) is 0 Å². The molecule has 1 atom stereocenters. The van der Waals surface area contributed by atoms with Gasteiger partial charge in [-0.05, 0) is 59.8 Å². The van der Waals surface area contributed by atoms with Crippen LogP contribution in [0.4, 0.5) is 0 Å². The number of rotatable bonds is 3. The number of carbonyl (C=O) groups is 2. The fourth-order valence-electron chi connectivity index (χ4n) is 2.62. The standard InChI is InChI=1S/C15H16BrClN2O2/c16-12-6-3-9(17)8-11(12)15(21)19-7-1-2-13(19)14(20)18-10-4-5-10/h3,6,8,10,13H,1-2,4-5,7H2,(H,18,20). The van der Waals surface area contributed by atoms with Crippen molar-refractivity contribution in [1.82, 2.24) is 10.2 Å². The molecular formula is C15H16BrClN2O2. The summed E-state index contributed by atoms with van der Waals surface area (Å²) in [5, 5.41) is 3.50. The molecular weight excluding hydrogens is 356 g/mol. The highest BCUT2D eigenvalue weighted by Crippen LogP contribution is 2.27. The van der Waals surface area contributed by atoms with Crippen molar-refractivity contribution in [3.8, 4) is 0 Å². The summed E-state index contributed by atoms with van der Waals surface area (Å²) in [6.45, 7) is 0.612. The van der Waals surface area contributed by atoms with Crippen molar-refractivity contribution in [2.75, 3.05) is 6.54 Å². The van der Waals surface area contributed by atoms with Crippen LogP contribution in [0.1, 0.15) is 36.0 Å². The van der Waals surface area contributed by atoms with E-state index in [2.05, 4.69) is 21.2 Å². The molecule has 2 fully saturated rings. The van der Waals surface area contributed by atoms with E-state index in [1.807, 2.05) is 0 Å². The molecule has 2 aliphatic rings. The van der Waals surface area contributed by atoms with Crippen LogP contribution in [-0.2, 0) is 4.79 Å². The van der Waals surface area contributed by atoms with Gasteiger partial charge in [0, 0.05) is 22.1 Å². The highest BCUT2D eigenvalue weighted by atomic mass is 79.9. The van der Waals surface area contributed by atoms with Crippen LogP contribution in [0.15, 0.2) is 22.7 Å². The number of benzene rings is 1. The van der Waals surface area contributed by atoms with Crippen LogP contribution in [0.5, 0.6) is 0 Å². The molecule has 1 aromatic rings. The Kier molecular flexibility index (Phi) is 4.22. The van der Waals surface area contributed by atoms with Gasteiger partial charge < -0.3 is 10.2 Å². The molecule has 0 bridgehead atoms. The van der Waals surface area contributed by atoms with E-state index in [1.54, 1.807) is 23.1 Å². The van der Waals surface area contributed by atoms with Crippen molar-refractivity contribution >= 4 is 39.3 Å². The van der Waals surface area contributed by atoms with E-state index >= 15 is 0 Å². The lowest BCUT2D eigenvalue weighted by molar-refractivity contribution is -0.125. The lowest BCUT2D eigenvalue weighted by Crippen LogP contribution is -2.46. The highest BCUT2D eigenvalue weighted by Gasteiger charge is 2.37.